The van der Waals surface area contributed by atoms with Crippen molar-refractivity contribution in [3.05, 3.63) is 42.9 Å². The van der Waals surface area contributed by atoms with Gasteiger partial charge in [0.25, 0.3) is 0 Å². The molecule has 0 unspecified atom stereocenters. The quantitative estimate of drug-likeness (QED) is 0.234. The van der Waals surface area contributed by atoms with E-state index in [1.807, 2.05) is 34.0 Å². The van der Waals surface area contributed by atoms with Gasteiger partial charge in [0.05, 0.1) is 12.3 Å². The molecule has 0 N–H and O–H groups in total. The van der Waals surface area contributed by atoms with Crippen molar-refractivity contribution in [1.29, 1.82) is 0 Å². The molecule has 0 aliphatic rings. The van der Waals surface area contributed by atoms with Crippen molar-refractivity contribution in [3.63, 3.8) is 0 Å². The molecular weight excluding hydrogens is 518 g/mol. The molecular formula is C14H6I2S3. The van der Waals surface area contributed by atoms with Gasteiger partial charge in [-0.05, 0) is 75.0 Å². The first-order chi connectivity index (χ1) is 9.20. The van der Waals surface area contributed by atoms with Gasteiger partial charge in [-0.2, -0.15) is 0 Å². The third kappa shape index (κ3) is 2.27. The molecule has 3 heterocycles. The normalized spacial score (nSPS) is 11.7. The lowest BCUT2D eigenvalue weighted by atomic mass is 10.2. The summed E-state index contributed by atoms with van der Waals surface area (Å²) in [5, 5.41) is 0. The zero-order valence-electron chi connectivity index (χ0n) is 9.44. The van der Waals surface area contributed by atoms with E-state index in [-0.39, 0.29) is 0 Å². The van der Waals surface area contributed by atoms with Crippen LogP contribution in [0.15, 0.2) is 36.4 Å². The molecule has 0 radical (unpaired) electrons. The topological polar surface area (TPSA) is 0 Å². The first-order valence-corrected chi connectivity index (χ1v) is 10.2. The van der Waals surface area contributed by atoms with Crippen molar-refractivity contribution in [2.75, 3.05) is 0 Å². The van der Waals surface area contributed by atoms with Crippen molar-refractivity contribution in [2.24, 2.45) is 0 Å². The average molecular weight is 524 g/mol. The third-order valence-corrected chi connectivity index (χ3v) is 8.23. The number of rotatable bonds is 1. The van der Waals surface area contributed by atoms with E-state index in [0.717, 1.165) is 0 Å². The first-order valence-electron chi connectivity index (χ1n) is 5.58. The molecule has 5 heteroatoms. The number of benzene rings is 1. The van der Waals surface area contributed by atoms with E-state index < -0.39 is 0 Å². The lowest BCUT2D eigenvalue weighted by Crippen LogP contribution is -1.72. The monoisotopic (exact) mass is 524 g/mol. The maximum atomic E-state index is 2.41. The number of hydrogen-bond donors (Lipinski definition) is 0. The van der Waals surface area contributed by atoms with Gasteiger partial charge in [-0.3, -0.25) is 0 Å². The van der Waals surface area contributed by atoms with Crippen molar-refractivity contribution >= 4 is 98.0 Å². The van der Waals surface area contributed by atoms with Crippen LogP contribution >= 0.6 is 79.2 Å². The van der Waals surface area contributed by atoms with Gasteiger partial charge >= 0.3 is 0 Å². The van der Waals surface area contributed by atoms with Crippen molar-refractivity contribution < 1.29 is 0 Å². The van der Waals surface area contributed by atoms with Gasteiger partial charge in [0.15, 0.2) is 0 Å². The molecule has 3 aromatic heterocycles. The fraction of sp³-hybridized carbons (Fsp3) is 0. The molecule has 0 aliphatic carbocycles. The molecule has 1 aromatic carbocycles. The van der Waals surface area contributed by atoms with Gasteiger partial charge < -0.3 is 0 Å². The van der Waals surface area contributed by atoms with Crippen LogP contribution in [0.2, 0.25) is 0 Å². The minimum Gasteiger partial charge on any atom is -0.133 e. The van der Waals surface area contributed by atoms with Gasteiger partial charge in [0.2, 0.25) is 0 Å². The number of halogens is 2. The van der Waals surface area contributed by atoms with Crippen LogP contribution in [0, 0.1) is 6.45 Å². The molecule has 0 atom stereocenters. The zero-order valence-corrected chi connectivity index (χ0v) is 16.2. The largest absolute Gasteiger partial charge is 0.133 e. The highest BCUT2D eigenvalue weighted by molar-refractivity contribution is 14.1. The summed E-state index contributed by atoms with van der Waals surface area (Å²) in [5.41, 5.74) is 1.33. The summed E-state index contributed by atoms with van der Waals surface area (Å²) in [6.45, 7) is 0. The molecule has 94 valence electrons. The third-order valence-electron chi connectivity index (χ3n) is 2.92. The van der Waals surface area contributed by atoms with E-state index in [1.165, 1.54) is 35.7 Å². The highest BCUT2D eigenvalue weighted by Gasteiger charge is 2.13. The predicted molar refractivity (Wildman–Crippen MR) is 106 cm³/mol. The fourth-order valence-electron chi connectivity index (χ4n) is 2.06. The van der Waals surface area contributed by atoms with Crippen molar-refractivity contribution in [3.8, 4) is 10.4 Å². The molecule has 0 saturated heterocycles. The zero-order chi connectivity index (χ0) is 13.0. The van der Waals surface area contributed by atoms with Gasteiger partial charge in [0, 0.05) is 17.8 Å². The van der Waals surface area contributed by atoms with E-state index in [4.69, 9.17) is 0 Å². The Morgan fingerprint density at radius 1 is 0.737 bits per heavy atom. The summed E-state index contributed by atoms with van der Waals surface area (Å²) in [5.74, 6) is 0. The Morgan fingerprint density at radius 2 is 1.42 bits per heavy atom. The molecule has 4 rings (SSSR count). The molecule has 0 spiro atoms. The number of thiophene rings is 3. The maximum Gasteiger partial charge on any atom is 0.0674 e. The fourth-order valence-corrected chi connectivity index (χ4v) is 7.36. The van der Waals surface area contributed by atoms with Crippen LogP contribution in [-0.4, -0.2) is 0 Å². The smallest absolute Gasteiger partial charge is 0.0674 e. The minimum atomic E-state index is 1.29. The van der Waals surface area contributed by atoms with Crippen molar-refractivity contribution in [2.45, 2.75) is 0 Å². The lowest BCUT2D eigenvalue weighted by Gasteiger charge is -1.96. The Morgan fingerprint density at radius 3 is 2.21 bits per heavy atom. The molecule has 0 fully saturated rings. The van der Waals surface area contributed by atoms with E-state index in [0.29, 0.717) is 0 Å². The second kappa shape index (κ2) is 4.94. The second-order valence-corrected chi connectivity index (χ2v) is 10.5. The highest BCUT2D eigenvalue weighted by Crippen LogP contribution is 2.46. The molecule has 0 amide bonds. The Kier molecular flexibility index (Phi) is 3.38. The van der Waals surface area contributed by atoms with Crippen LogP contribution in [0.5, 0.6) is 0 Å². The van der Waals surface area contributed by atoms with Crippen LogP contribution in [0.25, 0.3) is 29.2 Å². The van der Waals surface area contributed by atoms with E-state index >= 15 is 0 Å². The summed E-state index contributed by atoms with van der Waals surface area (Å²) in [7, 11) is 0. The van der Waals surface area contributed by atoms with Crippen LogP contribution in [0.4, 0.5) is 0 Å². The van der Waals surface area contributed by atoms with E-state index in [2.05, 4.69) is 81.6 Å². The summed E-state index contributed by atoms with van der Waals surface area (Å²) in [6.07, 6.45) is 0. The van der Waals surface area contributed by atoms with Gasteiger partial charge in [-0.1, -0.05) is 12.1 Å². The summed E-state index contributed by atoms with van der Waals surface area (Å²) in [4.78, 5) is 1.38. The van der Waals surface area contributed by atoms with Gasteiger partial charge in [-0.15, -0.1) is 34.0 Å². The van der Waals surface area contributed by atoms with Crippen LogP contribution < -0.4 is 0 Å². The van der Waals surface area contributed by atoms with Crippen LogP contribution in [0.3, 0.4) is 0 Å². The summed E-state index contributed by atoms with van der Waals surface area (Å²) in [6, 6.07) is 13.4. The molecule has 0 saturated carbocycles. The Hall–Kier alpha value is 0.300. The molecule has 4 aromatic rings. The molecule has 0 nitrogen and oxygen atoms in total. The second-order valence-electron chi connectivity index (χ2n) is 4.16. The molecule has 0 bridgehead atoms. The minimum absolute atomic E-state index is 1.29. The Labute approximate surface area is 149 Å². The van der Waals surface area contributed by atoms with Gasteiger partial charge in [-0.25, -0.2) is 0 Å². The highest BCUT2D eigenvalue weighted by atomic mass is 127. The van der Waals surface area contributed by atoms with E-state index in [9.17, 15) is 0 Å². The lowest BCUT2D eigenvalue weighted by molar-refractivity contribution is 1.65. The standard InChI is InChI=1S/C14H6I2S3/c15-8-3-1-7(2-4-8)9-5-10-13(18-9)14-11(17-10)6-12(16)19-14/h1-6H. The van der Waals surface area contributed by atoms with Crippen LogP contribution in [0.1, 0.15) is 0 Å². The predicted octanol–water partition coefficient (Wildman–Crippen LogP) is 7.05. The van der Waals surface area contributed by atoms with E-state index in [1.54, 1.807) is 0 Å². The Bertz CT molecular complexity index is 881. The Balaban J connectivity index is 1.93. The summed E-state index contributed by atoms with van der Waals surface area (Å²) >= 11 is 10.5. The molecule has 0 aliphatic heterocycles. The summed E-state index contributed by atoms with van der Waals surface area (Å²) < 4.78 is 8.45. The first kappa shape index (κ1) is 13.0. The number of hydrogen-bond acceptors (Lipinski definition) is 3. The SMILES string of the molecule is Ic1ccc(-c2cc3sc4cc(I)sc4c3s2)cc1. The maximum absolute atomic E-state index is 2.41. The molecule has 19 heavy (non-hydrogen) atoms. The van der Waals surface area contributed by atoms with Crippen LogP contribution in [-0.2, 0) is 0 Å². The number of fused-ring (bicyclic) bond motifs is 3. The van der Waals surface area contributed by atoms with Crippen molar-refractivity contribution in [1.82, 2.24) is 0 Å². The average Bonchev–Trinajstić information content (AvgIpc) is 3.00. The van der Waals surface area contributed by atoms with Gasteiger partial charge in [0.1, 0.15) is 0 Å².